The molecule has 0 aliphatic carbocycles. The number of morpholine rings is 1. The first-order chi connectivity index (χ1) is 10.4. The van der Waals surface area contributed by atoms with E-state index in [1.54, 1.807) is 19.1 Å². The van der Waals surface area contributed by atoms with Gasteiger partial charge in [-0.25, -0.2) is 8.42 Å². The summed E-state index contributed by atoms with van der Waals surface area (Å²) >= 11 is 0. The van der Waals surface area contributed by atoms with Gasteiger partial charge in [0.1, 0.15) is 10.6 Å². The summed E-state index contributed by atoms with van der Waals surface area (Å²) in [7, 11) is -3.70. The average Bonchev–Trinajstić information content (AvgIpc) is 2.49. The van der Waals surface area contributed by atoms with Crippen molar-refractivity contribution < 1.29 is 22.7 Å². The van der Waals surface area contributed by atoms with E-state index in [-0.39, 0.29) is 17.1 Å². The van der Waals surface area contributed by atoms with Crippen LogP contribution in [0.3, 0.4) is 0 Å². The number of amides is 1. The molecule has 1 heterocycles. The summed E-state index contributed by atoms with van der Waals surface area (Å²) < 4.78 is 37.6. The van der Waals surface area contributed by atoms with Crippen molar-refractivity contribution in [3.8, 4) is 5.75 Å². The lowest BCUT2D eigenvalue weighted by Gasteiger charge is -2.27. The molecule has 1 saturated heterocycles. The van der Waals surface area contributed by atoms with Crippen LogP contribution in [0, 0.1) is 0 Å². The summed E-state index contributed by atoms with van der Waals surface area (Å²) in [5, 5.41) is 0. The highest BCUT2D eigenvalue weighted by Crippen LogP contribution is 2.28. The van der Waals surface area contributed by atoms with Crippen molar-refractivity contribution in [1.82, 2.24) is 4.31 Å². The number of benzene rings is 1. The van der Waals surface area contributed by atoms with Crippen LogP contribution < -0.4 is 10.5 Å². The first kappa shape index (κ1) is 16.7. The number of nitrogens with two attached hydrogens (primary N) is 1. The Kier molecular flexibility index (Phi) is 5.38. The van der Waals surface area contributed by atoms with Crippen molar-refractivity contribution in [3.63, 3.8) is 0 Å². The molecule has 0 aromatic heterocycles. The Morgan fingerprint density at radius 1 is 1.36 bits per heavy atom. The number of nitrogens with zero attached hydrogens (tertiary/aromatic N) is 1. The zero-order valence-corrected chi connectivity index (χ0v) is 13.3. The molecule has 1 aromatic carbocycles. The number of carbonyl (C=O) groups is 1. The topological polar surface area (TPSA) is 98.9 Å². The van der Waals surface area contributed by atoms with Gasteiger partial charge in [0.25, 0.3) is 0 Å². The third-order valence-corrected chi connectivity index (χ3v) is 5.19. The minimum atomic E-state index is -3.70. The Morgan fingerprint density at radius 2 is 2.05 bits per heavy atom. The van der Waals surface area contributed by atoms with Crippen LogP contribution in [0.4, 0.5) is 0 Å². The number of carbonyl (C=O) groups excluding carboxylic acids is 1. The van der Waals surface area contributed by atoms with Crippen LogP contribution in [0.25, 0.3) is 0 Å². The van der Waals surface area contributed by atoms with Crippen LogP contribution in [0.2, 0.25) is 0 Å². The maximum atomic E-state index is 12.8. The minimum Gasteiger partial charge on any atom is -0.492 e. The molecule has 22 heavy (non-hydrogen) atoms. The third kappa shape index (κ3) is 3.76. The van der Waals surface area contributed by atoms with Gasteiger partial charge in [-0.2, -0.15) is 4.31 Å². The van der Waals surface area contributed by atoms with E-state index in [0.717, 1.165) is 0 Å². The van der Waals surface area contributed by atoms with Crippen molar-refractivity contribution in [2.45, 2.75) is 18.2 Å². The predicted molar refractivity (Wildman–Crippen MR) is 80.1 cm³/mol. The highest BCUT2D eigenvalue weighted by Gasteiger charge is 2.29. The SMILES string of the molecule is CCOc1ccc(CC(N)=O)cc1S(=O)(=O)N1CCOCC1. The van der Waals surface area contributed by atoms with Gasteiger partial charge in [0.15, 0.2) is 0 Å². The molecule has 2 N–H and O–H groups in total. The second kappa shape index (κ2) is 7.08. The van der Waals surface area contributed by atoms with Gasteiger partial charge >= 0.3 is 0 Å². The molecular formula is C14H20N2O5S. The molecule has 0 atom stereocenters. The second-order valence-electron chi connectivity index (χ2n) is 4.87. The van der Waals surface area contributed by atoms with E-state index in [2.05, 4.69) is 0 Å². The first-order valence-corrected chi connectivity index (χ1v) is 8.51. The first-order valence-electron chi connectivity index (χ1n) is 7.07. The molecular weight excluding hydrogens is 308 g/mol. The molecule has 1 aliphatic rings. The zero-order valence-electron chi connectivity index (χ0n) is 12.4. The fourth-order valence-electron chi connectivity index (χ4n) is 2.27. The highest BCUT2D eigenvalue weighted by molar-refractivity contribution is 7.89. The quantitative estimate of drug-likeness (QED) is 0.800. The summed E-state index contributed by atoms with van der Waals surface area (Å²) in [5.41, 5.74) is 5.72. The van der Waals surface area contributed by atoms with E-state index < -0.39 is 15.9 Å². The normalized spacial score (nSPS) is 16.4. The van der Waals surface area contributed by atoms with E-state index in [4.69, 9.17) is 15.2 Å². The van der Waals surface area contributed by atoms with Gasteiger partial charge in [0, 0.05) is 13.1 Å². The van der Waals surface area contributed by atoms with Crippen LogP contribution in [-0.4, -0.2) is 51.5 Å². The molecule has 1 aliphatic heterocycles. The van der Waals surface area contributed by atoms with Crippen LogP contribution in [-0.2, 0) is 26.0 Å². The Balaban J connectivity index is 2.42. The Hall–Kier alpha value is -1.64. The van der Waals surface area contributed by atoms with Gasteiger partial charge in [-0.3, -0.25) is 4.79 Å². The number of primary amides is 1. The number of hydrogen-bond donors (Lipinski definition) is 1. The minimum absolute atomic E-state index is 0.0158. The predicted octanol–water partition coefficient (Wildman–Crippen LogP) is 0.134. The maximum absolute atomic E-state index is 12.8. The fourth-order valence-corrected chi connectivity index (χ4v) is 3.86. The molecule has 0 radical (unpaired) electrons. The number of rotatable bonds is 6. The van der Waals surface area contributed by atoms with Crippen LogP contribution in [0.15, 0.2) is 23.1 Å². The van der Waals surface area contributed by atoms with E-state index >= 15 is 0 Å². The van der Waals surface area contributed by atoms with E-state index in [0.29, 0.717) is 38.5 Å². The molecule has 1 amide bonds. The lowest BCUT2D eigenvalue weighted by Crippen LogP contribution is -2.40. The lowest BCUT2D eigenvalue weighted by molar-refractivity contribution is -0.117. The molecule has 2 rings (SSSR count). The van der Waals surface area contributed by atoms with Crippen LogP contribution >= 0.6 is 0 Å². The maximum Gasteiger partial charge on any atom is 0.246 e. The summed E-state index contributed by atoms with van der Waals surface area (Å²) in [5.74, 6) is -0.235. The van der Waals surface area contributed by atoms with E-state index in [9.17, 15) is 13.2 Å². The van der Waals surface area contributed by atoms with Crippen LogP contribution in [0.1, 0.15) is 12.5 Å². The van der Waals surface area contributed by atoms with Gasteiger partial charge in [0.2, 0.25) is 15.9 Å². The standard InChI is InChI=1S/C14H20N2O5S/c1-2-21-12-4-3-11(10-14(15)17)9-13(12)22(18,19)16-5-7-20-8-6-16/h3-4,9H,2,5-8,10H2,1H3,(H2,15,17). The van der Waals surface area contributed by atoms with E-state index in [1.165, 1.54) is 10.4 Å². The molecule has 8 heteroatoms. The molecule has 0 saturated carbocycles. The van der Waals surface area contributed by atoms with Gasteiger partial charge < -0.3 is 15.2 Å². The van der Waals surface area contributed by atoms with E-state index in [1.807, 2.05) is 0 Å². The largest absolute Gasteiger partial charge is 0.492 e. The highest BCUT2D eigenvalue weighted by atomic mass is 32.2. The second-order valence-corrected chi connectivity index (χ2v) is 6.78. The van der Waals surface area contributed by atoms with Crippen molar-refractivity contribution in [2.75, 3.05) is 32.9 Å². The lowest BCUT2D eigenvalue weighted by atomic mass is 10.1. The molecule has 1 aromatic rings. The molecule has 7 nitrogen and oxygen atoms in total. The van der Waals surface area contributed by atoms with Gasteiger partial charge in [-0.1, -0.05) is 6.07 Å². The summed E-state index contributed by atoms with van der Waals surface area (Å²) in [6, 6.07) is 4.67. The molecule has 122 valence electrons. The number of sulfonamides is 1. The van der Waals surface area contributed by atoms with Crippen molar-refractivity contribution in [1.29, 1.82) is 0 Å². The molecule has 0 bridgehead atoms. The number of ether oxygens (including phenoxy) is 2. The van der Waals surface area contributed by atoms with Crippen LogP contribution in [0.5, 0.6) is 5.75 Å². The molecule has 1 fully saturated rings. The average molecular weight is 328 g/mol. The Morgan fingerprint density at radius 3 is 2.64 bits per heavy atom. The summed E-state index contributed by atoms with van der Waals surface area (Å²) in [6.45, 7) is 3.46. The summed E-state index contributed by atoms with van der Waals surface area (Å²) in [4.78, 5) is 11.1. The molecule has 0 unspecified atom stereocenters. The van der Waals surface area contributed by atoms with Crippen molar-refractivity contribution in [2.24, 2.45) is 5.73 Å². The zero-order chi connectivity index (χ0) is 16.2. The Labute approximate surface area is 130 Å². The number of hydrogen-bond acceptors (Lipinski definition) is 5. The molecule has 0 spiro atoms. The van der Waals surface area contributed by atoms with Gasteiger partial charge in [-0.05, 0) is 24.6 Å². The fraction of sp³-hybridized carbons (Fsp3) is 0.500. The van der Waals surface area contributed by atoms with Crippen molar-refractivity contribution in [3.05, 3.63) is 23.8 Å². The monoisotopic (exact) mass is 328 g/mol. The van der Waals surface area contributed by atoms with Gasteiger partial charge in [-0.15, -0.1) is 0 Å². The van der Waals surface area contributed by atoms with Gasteiger partial charge in [0.05, 0.1) is 26.2 Å². The Bertz CT molecular complexity index is 639. The smallest absolute Gasteiger partial charge is 0.246 e. The third-order valence-electron chi connectivity index (χ3n) is 3.27. The van der Waals surface area contributed by atoms with Crippen molar-refractivity contribution >= 4 is 15.9 Å². The summed E-state index contributed by atoms with van der Waals surface area (Å²) in [6.07, 6.45) is -0.0158.